The lowest BCUT2D eigenvalue weighted by Crippen LogP contribution is -2.24. The number of hydrogen-bond donors (Lipinski definition) is 0. The predicted octanol–water partition coefficient (Wildman–Crippen LogP) is 5.16. The maximum Gasteiger partial charge on any atom is 0.329 e. The van der Waals surface area contributed by atoms with Crippen LogP contribution in [0.25, 0.3) is 10.9 Å². The third-order valence-corrected chi connectivity index (χ3v) is 5.84. The van der Waals surface area contributed by atoms with E-state index >= 15 is 0 Å². The zero-order valence-electron chi connectivity index (χ0n) is 18.6. The number of benzene rings is 2. The SMILES string of the molecule is COC(=O)[C@H](Cc1ccc(OCCN(C)c2ccnc3cc(Cl)ccc23)cc1)n1cccc1. The number of methoxy groups -OCH3 is 1. The van der Waals surface area contributed by atoms with E-state index in [0.29, 0.717) is 24.6 Å². The molecule has 0 fully saturated rings. The summed E-state index contributed by atoms with van der Waals surface area (Å²) >= 11 is 6.09. The van der Waals surface area contributed by atoms with Gasteiger partial charge < -0.3 is 18.9 Å². The van der Waals surface area contributed by atoms with Crippen molar-refractivity contribution in [2.45, 2.75) is 12.5 Å². The van der Waals surface area contributed by atoms with Crippen LogP contribution in [0.3, 0.4) is 0 Å². The van der Waals surface area contributed by atoms with Crippen LogP contribution in [-0.2, 0) is 16.0 Å². The highest BCUT2D eigenvalue weighted by Gasteiger charge is 2.20. The molecule has 0 saturated heterocycles. The van der Waals surface area contributed by atoms with Crippen LogP contribution in [0.5, 0.6) is 5.75 Å². The average Bonchev–Trinajstić information content (AvgIpc) is 3.37. The van der Waals surface area contributed by atoms with Crippen molar-refractivity contribution in [2.24, 2.45) is 0 Å². The predicted molar refractivity (Wildman–Crippen MR) is 131 cm³/mol. The molecule has 4 aromatic rings. The number of rotatable bonds is 9. The summed E-state index contributed by atoms with van der Waals surface area (Å²) in [7, 11) is 3.45. The fourth-order valence-corrected chi connectivity index (χ4v) is 3.97. The van der Waals surface area contributed by atoms with Gasteiger partial charge in [-0.25, -0.2) is 4.79 Å². The van der Waals surface area contributed by atoms with Gasteiger partial charge in [0.05, 0.1) is 19.2 Å². The van der Waals surface area contributed by atoms with E-state index < -0.39 is 6.04 Å². The molecule has 0 aliphatic carbocycles. The lowest BCUT2D eigenvalue weighted by Gasteiger charge is -2.21. The summed E-state index contributed by atoms with van der Waals surface area (Å²) in [4.78, 5) is 18.8. The van der Waals surface area contributed by atoms with Gasteiger partial charge in [0.2, 0.25) is 0 Å². The van der Waals surface area contributed by atoms with Crippen molar-refractivity contribution in [1.29, 1.82) is 0 Å². The van der Waals surface area contributed by atoms with E-state index in [4.69, 9.17) is 21.1 Å². The smallest absolute Gasteiger partial charge is 0.329 e. The van der Waals surface area contributed by atoms with Crippen LogP contribution >= 0.6 is 11.6 Å². The number of carbonyl (C=O) groups is 1. The van der Waals surface area contributed by atoms with Crippen LogP contribution in [0.2, 0.25) is 5.02 Å². The van der Waals surface area contributed by atoms with Gasteiger partial charge in [-0.05, 0) is 54.1 Å². The fraction of sp³-hybridized carbons (Fsp3) is 0.231. The molecule has 1 atom stereocenters. The number of nitrogens with zero attached hydrogens (tertiary/aromatic N) is 3. The first-order chi connectivity index (χ1) is 16.0. The summed E-state index contributed by atoms with van der Waals surface area (Å²) in [6.07, 6.45) is 6.08. The molecule has 0 N–H and O–H groups in total. The Kier molecular flexibility index (Phi) is 7.15. The van der Waals surface area contributed by atoms with E-state index in [9.17, 15) is 4.79 Å². The first kappa shape index (κ1) is 22.7. The molecule has 6 nitrogen and oxygen atoms in total. The van der Waals surface area contributed by atoms with Gasteiger partial charge in [0.1, 0.15) is 18.4 Å². The second kappa shape index (κ2) is 10.4. The number of fused-ring (bicyclic) bond motifs is 1. The number of esters is 1. The van der Waals surface area contributed by atoms with Crippen molar-refractivity contribution in [3.05, 3.63) is 89.8 Å². The van der Waals surface area contributed by atoms with Gasteiger partial charge in [-0.1, -0.05) is 23.7 Å². The van der Waals surface area contributed by atoms with Crippen LogP contribution in [0.1, 0.15) is 11.6 Å². The zero-order valence-corrected chi connectivity index (χ0v) is 19.4. The number of ether oxygens (including phenoxy) is 2. The summed E-state index contributed by atoms with van der Waals surface area (Å²) in [5.41, 5.74) is 2.98. The first-order valence-electron chi connectivity index (χ1n) is 10.7. The summed E-state index contributed by atoms with van der Waals surface area (Å²) in [5, 5.41) is 1.73. The Labute approximate surface area is 198 Å². The van der Waals surface area contributed by atoms with E-state index in [-0.39, 0.29) is 5.97 Å². The lowest BCUT2D eigenvalue weighted by atomic mass is 10.1. The molecule has 2 aromatic heterocycles. The normalized spacial score (nSPS) is 11.8. The number of hydrogen-bond acceptors (Lipinski definition) is 5. The molecule has 0 amide bonds. The van der Waals surface area contributed by atoms with Crippen molar-refractivity contribution >= 4 is 34.2 Å². The number of carbonyl (C=O) groups excluding carboxylic acids is 1. The van der Waals surface area contributed by atoms with Gasteiger partial charge in [0, 0.05) is 48.2 Å². The second-order valence-corrected chi connectivity index (χ2v) is 8.22. The summed E-state index contributed by atoms with van der Waals surface area (Å²) in [5.74, 6) is 0.523. The highest BCUT2D eigenvalue weighted by atomic mass is 35.5. The molecule has 33 heavy (non-hydrogen) atoms. The van der Waals surface area contributed by atoms with Crippen LogP contribution in [0.4, 0.5) is 5.69 Å². The molecule has 2 aromatic carbocycles. The summed E-state index contributed by atoms with van der Waals surface area (Å²) in [6, 6.07) is 19.0. The molecule has 0 saturated carbocycles. The maximum atomic E-state index is 12.2. The van der Waals surface area contributed by atoms with Crippen molar-refractivity contribution in [2.75, 3.05) is 32.2 Å². The lowest BCUT2D eigenvalue weighted by molar-refractivity contribution is -0.144. The van der Waals surface area contributed by atoms with E-state index in [2.05, 4.69) is 9.88 Å². The van der Waals surface area contributed by atoms with Crippen LogP contribution < -0.4 is 9.64 Å². The molecule has 0 aliphatic rings. The fourth-order valence-electron chi connectivity index (χ4n) is 3.81. The minimum absolute atomic E-state index is 0.263. The Morgan fingerprint density at radius 3 is 2.61 bits per heavy atom. The van der Waals surface area contributed by atoms with Gasteiger partial charge in [0.25, 0.3) is 0 Å². The van der Waals surface area contributed by atoms with Gasteiger partial charge in [-0.3, -0.25) is 4.98 Å². The number of anilines is 1. The Hall–Kier alpha value is -3.51. The van der Waals surface area contributed by atoms with E-state index in [1.165, 1.54) is 7.11 Å². The molecule has 0 unspecified atom stereocenters. The number of likely N-dealkylation sites (N-methyl/N-ethyl adjacent to an activating group) is 1. The minimum atomic E-state index is -0.393. The van der Waals surface area contributed by atoms with Gasteiger partial charge in [-0.2, -0.15) is 0 Å². The largest absolute Gasteiger partial charge is 0.492 e. The Morgan fingerprint density at radius 1 is 1.12 bits per heavy atom. The van der Waals surface area contributed by atoms with Crippen molar-refractivity contribution in [3.63, 3.8) is 0 Å². The Bertz CT molecular complexity index is 1210. The highest BCUT2D eigenvalue weighted by Crippen LogP contribution is 2.26. The molecule has 0 radical (unpaired) electrons. The Morgan fingerprint density at radius 2 is 1.88 bits per heavy atom. The molecule has 2 heterocycles. The molecular formula is C26H26ClN3O3. The molecule has 4 rings (SSSR count). The zero-order chi connectivity index (χ0) is 23.2. The van der Waals surface area contributed by atoms with Crippen LogP contribution in [-0.4, -0.2) is 42.8 Å². The van der Waals surface area contributed by atoms with Crippen molar-refractivity contribution in [3.8, 4) is 5.75 Å². The molecule has 170 valence electrons. The average molecular weight is 464 g/mol. The van der Waals surface area contributed by atoms with Crippen LogP contribution in [0.15, 0.2) is 79.3 Å². The quantitative estimate of drug-likeness (QED) is 0.321. The number of pyridine rings is 1. The summed E-state index contributed by atoms with van der Waals surface area (Å²) < 4.78 is 12.8. The van der Waals surface area contributed by atoms with E-state index in [1.54, 1.807) is 6.20 Å². The van der Waals surface area contributed by atoms with E-state index in [0.717, 1.165) is 27.9 Å². The molecule has 0 bridgehead atoms. The maximum absolute atomic E-state index is 12.2. The molecule has 0 aliphatic heterocycles. The molecule has 7 heteroatoms. The topological polar surface area (TPSA) is 56.6 Å². The van der Waals surface area contributed by atoms with E-state index in [1.807, 2.05) is 84.7 Å². The molecular weight excluding hydrogens is 438 g/mol. The van der Waals surface area contributed by atoms with Crippen molar-refractivity contribution in [1.82, 2.24) is 9.55 Å². The number of halogens is 1. The van der Waals surface area contributed by atoms with Crippen molar-refractivity contribution < 1.29 is 14.3 Å². The molecule has 0 spiro atoms. The van der Waals surface area contributed by atoms with Gasteiger partial charge in [-0.15, -0.1) is 0 Å². The first-order valence-corrected chi connectivity index (χ1v) is 11.1. The third-order valence-electron chi connectivity index (χ3n) is 5.60. The minimum Gasteiger partial charge on any atom is -0.492 e. The standard InChI is InChI=1S/C26H26ClN3O3/c1-29(24-11-12-28-23-18-20(27)7-10-22(23)24)15-16-33-21-8-5-19(6-9-21)17-25(26(31)32-2)30-13-3-4-14-30/h3-14,18,25H,15-17H2,1-2H3/t25-/m0/s1. The van der Waals surface area contributed by atoms with Gasteiger partial charge in [0.15, 0.2) is 0 Å². The third kappa shape index (κ3) is 5.46. The summed E-state index contributed by atoms with van der Waals surface area (Å²) in [6.45, 7) is 1.24. The Balaban J connectivity index is 1.35. The highest BCUT2D eigenvalue weighted by molar-refractivity contribution is 6.31. The monoisotopic (exact) mass is 463 g/mol. The number of aromatic nitrogens is 2. The second-order valence-electron chi connectivity index (χ2n) is 7.78. The van der Waals surface area contributed by atoms with Gasteiger partial charge >= 0.3 is 5.97 Å². The van der Waals surface area contributed by atoms with Crippen LogP contribution in [0, 0.1) is 0 Å².